The van der Waals surface area contributed by atoms with E-state index in [2.05, 4.69) is 25.2 Å². The molecule has 1 aliphatic carbocycles. The van der Waals surface area contributed by atoms with E-state index < -0.39 is 0 Å². The molecule has 6 heteroatoms. The molecule has 2 aliphatic rings. The largest absolute Gasteiger partial charge is 0.366 e. The van der Waals surface area contributed by atoms with Crippen LogP contribution in [0.2, 0.25) is 5.15 Å². The normalized spacial score (nSPS) is 21.5. The van der Waals surface area contributed by atoms with E-state index in [1.807, 2.05) is 24.4 Å². The van der Waals surface area contributed by atoms with Gasteiger partial charge < -0.3 is 5.32 Å². The Morgan fingerprint density at radius 1 is 1.17 bits per heavy atom. The van der Waals surface area contributed by atoms with Crippen molar-refractivity contribution in [2.75, 3.05) is 18.4 Å². The second-order valence-electron chi connectivity index (χ2n) is 6.39. The first-order chi connectivity index (χ1) is 11.3. The summed E-state index contributed by atoms with van der Waals surface area (Å²) in [5.41, 5.74) is 1.09. The van der Waals surface area contributed by atoms with E-state index in [0.29, 0.717) is 17.1 Å². The summed E-state index contributed by atoms with van der Waals surface area (Å²) in [6.07, 6.45) is 7.16. The summed E-state index contributed by atoms with van der Waals surface area (Å²) in [7, 11) is 0. The highest BCUT2D eigenvalue weighted by Crippen LogP contribution is 2.38. The van der Waals surface area contributed by atoms with Crippen molar-refractivity contribution in [1.29, 1.82) is 0 Å². The predicted octanol–water partition coefficient (Wildman–Crippen LogP) is 3.09. The Hall–Kier alpha value is -1.72. The highest BCUT2D eigenvalue weighted by atomic mass is 35.5. The Labute approximate surface area is 141 Å². The Morgan fingerprint density at radius 3 is 2.91 bits per heavy atom. The van der Waals surface area contributed by atoms with Crippen LogP contribution < -0.4 is 5.32 Å². The molecule has 1 saturated carbocycles. The average Bonchev–Trinajstić information content (AvgIpc) is 3.32. The molecule has 0 aromatic carbocycles. The SMILES string of the molecule is Clc1ncccc1CN1CCC(Nc2ccnc(C3CC3)n2)C1. The minimum atomic E-state index is 0.424. The fourth-order valence-corrected chi connectivity index (χ4v) is 3.25. The molecule has 3 heterocycles. The van der Waals surface area contributed by atoms with Crippen LogP contribution in [0.1, 0.15) is 36.6 Å². The zero-order chi connectivity index (χ0) is 15.6. The molecule has 1 unspecified atom stereocenters. The third-order valence-corrected chi connectivity index (χ3v) is 4.81. The molecular weight excluding hydrogens is 310 g/mol. The van der Waals surface area contributed by atoms with Gasteiger partial charge in [-0.15, -0.1) is 0 Å². The summed E-state index contributed by atoms with van der Waals surface area (Å²) in [5.74, 6) is 2.53. The number of rotatable bonds is 5. The molecular formula is C17H20ClN5. The highest BCUT2D eigenvalue weighted by molar-refractivity contribution is 6.30. The molecule has 0 radical (unpaired) electrons. The van der Waals surface area contributed by atoms with E-state index in [1.54, 1.807) is 6.20 Å². The minimum absolute atomic E-state index is 0.424. The van der Waals surface area contributed by atoms with Gasteiger partial charge in [0.2, 0.25) is 0 Å². The standard InChI is InChI=1S/C17H20ClN5/c18-16-13(2-1-7-19-16)10-23-9-6-14(11-23)21-15-5-8-20-17(22-15)12-3-4-12/h1-2,5,7-8,12,14H,3-4,6,9-11H2,(H,20,21,22). The van der Waals surface area contributed by atoms with Gasteiger partial charge in [0.15, 0.2) is 0 Å². The van der Waals surface area contributed by atoms with Gasteiger partial charge in [-0.25, -0.2) is 15.0 Å². The molecule has 5 nitrogen and oxygen atoms in total. The quantitative estimate of drug-likeness (QED) is 0.854. The van der Waals surface area contributed by atoms with Gasteiger partial charge in [0.25, 0.3) is 0 Å². The smallest absolute Gasteiger partial charge is 0.133 e. The van der Waals surface area contributed by atoms with Crippen LogP contribution in [0, 0.1) is 0 Å². The Balaban J connectivity index is 1.35. The summed E-state index contributed by atoms with van der Waals surface area (Å²) in [5, 5.41) is 4.16. The van der Waals surface area contributed by atoms with Crippen molar-refractivity contribution in [2.45, 2.75) is 37.8 Å². The van der Waals surface area contributed by atoms with E-state index in [-0.39, 0.29) is 0 Å². The maximum absolute atomic E-state index is 6.15. The van der Waals surface area contributed by atoms with Crippen molar-refractivity contribution in [3.8, 4) is 0 Å². The molecule has 23 heavy (non-hydrogen) atoms. The van der Waals surface area contributed by atoms with E-state index in [1.165, 1.54) is 12.8 Å². The first-order valence-electron chi connectivity index (χ1n) is 8.19. The van der Waals surface area contributed by atoms with Crippen LogP contribution in [0.3, 0.4) is 0 Å². The molecule has 4 rings (SSSR count). The first-order valence-corrected chi connectivity index (χ1v) is 8.57. The third kappa shape index (κ3) is 3.62. The molecule has 0 amide bonds. The van der Waals surface area contributed by atoms with Crippen molar-refractivity contribution in [1.82, 2.24) is 19.9 Å². The third-order valence-electron chi connectivity index (χ3n) is 4.47. The van der Waals surface area contributed by atoms with Gasteiger partial charge in [0.1, 0.15) is 16.8 Å². The fraction of sp³-hybridized carbons (Fsp3) is 0.471. The van der Waals surface area contributed by atoms with Crippen molar-refractivity contribution in [2.24, 2.45) is 0 Å². The van der Waals surface area contributed by atoms with E-state index >= 15 is 0 Å². The number of aromatic nitrogens is 3. The van der Waals surface area contributed by atoms with Gasteiger partial charge in [-0.3, -0.25) is 4.90 Å². The molecule has 2 aromatic heterocycles. The molecule has 2 aromatic rings. The van der Waals surface area contributed by atoms with E-state index in [0.717, 1.165) is 43.3 Å². The maximum atomic E-state index is 6.15. The molecule has 2 fully saturated rings. The number of nitrogens with one attached hydrogen (secondary N) is 1. The topological polar surface area (TPSA) is 53.9 Å². The lowest BCUT2D eigenvalue weighted by molar-refractivity contribution is 0.328. The second-order valence-corrected chi connectivity index (χ2v) is 6.75. The number of nitrogens with zero attached hydrogens (tertiary/aromatic N) is 4. The Morgan fingerprint density at radius 2 is 2.09 bits per heavy atom. The second kappa shape index (κ2) is 6.42. The minimum Gasteiger partial charge on any atom is -0.366 e. The summed E-state index contributed by atoms with van der Waals surface area (Å²) < 4.78 is 0. The van der Waals surface area contributed by atoms with Crippen LogP contribution in [0.4, 0.5) is 5.82 Å². The van der Waals surface area contributed by atoms with Crippen LogP contribution in [-0.4, -0.2) is 39.0 Å². The van der Waals surface area contributed by atoms with Gasteiger partial charge in [-0.2, -0.15) is 0 Å². The van der Waals surface area contributed by atoms with Gasteiger partial charge in [0, 0.05) is 49.6 Å². The van der Waals surface area contributed by atoms with Crippen LogP contribution in [-0.2, 0) is 6.54 Å². The zero-order valence-electron chi connectivity index (χ0n) is 13.0. The predicted molar refractivity (Wildman–Crippen MR) is 90.6 cm³/mol. The molecule has 1 atom stereocenters. The lowest BCUT2D eigenvalue weighted by Gasteiger charge is -2.17. The summed E-state index contributed by atoms with van der Waals surface area (Å²) >= 11 is 6.15. The van der Waals surface area contributed by atoms with Crippen molar-refractivity contribution < 1.29 is 0 Å². The average molecular weight is 330 g/mol. The molecule has 120 valence electrons. The monoisotopic (exact) mass is 329 g/mol. The molecule has 1 N–H and O–H groups in total. The maximum Gasteiger partial charge on any atom is 0.133 e. The number of halogens is 1. The summed E-state index contributed by atoms with van der Waals surface area (Å²) in [6, 6.07) is 6.37. The summed E-state index contributed by atoms with van der Waals surface area (Å²) in [6.45, 7) is 2.90. The molecule has 0 bridgehead atoms. The van der Waals surface area contributed by atoms with Crippen molar-refractivity contribution in [3.05, 3.63) is 47.1 Å². The number of hydrogen-bond acceptors (Lipinski definition) is 5. The van der Waals surface area contributed by atoms with E-state index in [9.17, 15) is 0 Å². The molecule has 0 spiro atoms. The number of hydrogen-bond donors (Lipinski definition) is 1. The van der Waals surface area contributed by atoms with Gasteiger partial charge in [-0.05, 0) is 31.4 Å². The lowest BCUT2D eigenvalue weighted by Crippen LogP contribution is -2.26. The lowest BCUT2D eigenvalue weighted by atomic mass is 10.2. The van der Waals surface area contributed by atoms with Crippen molar-refractivity contribution >= 4 is 17.4 Å². The molecule has 1 saturated heterocycles. The van der Waals surface area contributed by atoms with Crippen LogP contribution in [0.5, 0.6) is 0 Å². The van der Waals surface area contributed by atoms with Gasteiger partial charge in [-0.1, -0.05) is 17.7 Å². The van der Waals surface area contributed by atoms with Crippen LogP contribution in [0.25, 0.3) is 0 Å². The van der Waals surface area contributed by atoms with E-state index in [4.69, 9.17) is 11.6 Å². The number of anilines is 1. The highest BCUT2D eigenvalue weighted by Gasteiger charge is 2.27. The van der Waals surface area contributed by atoms with Crippen LogP contribution in [0.15, 0.2) is 30.6 Å². The Kier molecular flexibility index (Phi) is 4.14. The molecule has 1 aliphatic heterocycles. The summed E-state index contributed by atoms with van der Waals surface area (Å²) in [4.78, 5) is 15.6. The number of likely N-dealkylation sites (tertiary alicyclic amines) is 1. The zero-order valence-corrected chi connectivity index (χ0v) is 13.7. The number of pyridine rings is 1. The van der Waals surface area contributed by atoms with Crippen LogP contribution >= 0.6 is 11.6 Å². The fourth-order valence-electron chi connectivity index (χ4n) is 3.07. The first kappa shape index (κ1) is 14.8. The van der Waals surface area contributed by atoms with Gasteiger partial charge in [0.05, 0.1) is 0 Å². The van der Waals surface area contributed by atoms with Gasteiger partial charge >= 0.3 is 0 Å². The Bertz CT molecular complexity index is 688. The van der Waals surface area contributed by atoms with Crippen molar-refractivity contribution in [3.63, 3.8) is 0 Å².